The number of nitrogens with one attached hydrogen (secondary N) is 2. The number of amides is 1. The molecule has 27 heavy (non-hydrogen) atoms. The Bertz CT molecular complexity index is 963. The maximum Gasteiger partial charge on any atom is 0.267 e. The van der Waals surface area contributed by atoms with Gasteiger partial charge in [-0.1, -0.05) is 6.07 Å². The van der Waals surface area contributed by atoms with Crippen LogP contribution in [0.15, 0.2) is 36.5 Å². The maximum atomic E-state index is 11.3. The lowest BCUT2D eigenvalue weighted by molar-refractivity contribution is 0.0995. The molecule has 1 aliphatic rings. The van der Waals surface area contributed by atoms with Crippen LogP contribution in [-0.4, -0.2) is 42.7 Å². The summed E-state index contributed by atoms with van der Waals surface area (Å²) in [5, 5.41) is 20.7. The summed E-state index contributed by atoms with van der Waals surface area (Å²) in [5.41, 5.74) is 6.76. The van der Waals surface area contributed by atoms with Gasteiger partial charge in [0.15, 0.2) is 5.65 Å². The average Bonchev–Trinajstić information content (AvgIpc) is 3.07. The van der Waals surface area contributed by atoms with E-state index < -0.39 is 5.91 Å². The summed E-state index contributed by atoms with van der Waals surface area (Å²) in [6, 6.07) is 9.32. The van der Waals surface area contributed by atoms with Crippen molar-refractivity contribution in [2.75, 3.05) is 10.6 Å². The first-order chi connectivity index (χ1) is 13.1. The SMILES string of the molecule is NC(=O)c1cc(Nc2nc3cccc(NC4CCC(O)CC4)n3n2)ccn1. The van der Waals surface area contributed by atoms with Crippen molar-refractivity contribution < 1.29 is 9.90 Å². The quantitative estimate of drug-likeness (QED) is 0.540. The van der Waals surface area contributed by atoms with Crippen LogP contribution < -0.4 is 16.4 Å². The minimum atomic E-state index is -0.592. The number of fused-ring (bicyclic) bond motifs is 1. The summed E-state index contributed by atoms with van der Waals surface area (Å²) in [6.45, 7) is 0. The molecule has 1 aliphatic carbocycles. The molecule has 0 radical (unpaired) electrons. The fraction of sp³-hybridized carbons (Fsp3) is 0.333. The van der Waals surface area contributed by atoms with E-state index in [4.69, 9.17) is 5.73 Å². The molecule has 0 aliphatic heterocycles. The molecule has 9 heteroatoms. The Morgan fingerprint density at radius 3 is 2.81 bits per heavy atom. The van der Waals surface area contributed by atoms with Crippen LogP contribution in [0.1, 0.15) is 36.2 Å². The second-order valence-corrected chi connectivity index (χ2v) is 6.69. The van der Waals surface area contributed by atoms with Crippen molar-refractivity contribution in [3.05, 3.63) is 42.2 Å². The summed E-state index contributed by atoms with van der Waals surface area (Å²) in [5.74, 6) is 0.664. The number of nitrogens with two attached hydrogens (primary N) is 1. The van der Waals surface area contributed by atoms with Crippen LogP contribution in [0, 0.1) is 0 Å². The lowest BCUT2D eigenvalue weighted by Gasteiger charge is -2.26. The van der Waals surface area contributed by atoms with Crippen LogP contribution >= 0.6 is 0 Å². The smallest absolute Gasteiger partial charge is 0.267 e. The van der Waals surface area contributed by atoms with Gasteiger partial charge in [0.1, 0.15) is 11.5 Å². The average molecular weight is 367 g/mol. The largest absolute Gasteiger partial charge is 0.393 e. The fourth-order valence-corrected chi connectivity index (χ4v) is 3.27. The number of aromatic nitrogens is 4. The van der Waals surface area contributed by atoms with Crippen molar-refractivity contribution >= 4 is 29.0 Å². The van der Waals surface area contributed by atoms with Crippen LogP contribution in [0.5, 0.6) is 0 Å². The molecule has 0 saturated heterocycles. The fourth-order valence-electron chi connectivity index (χ4n) is 3.27. The van der Waals surface area contributed by atoms with Gasteiger partial charge in [-0.3, -0.25) is 9.78 Å². The number of carbonyl (C=O) groups excluding carboxylic acids is 1. The van der Waals surface area contributed by atoms with Gasteiger partial charge in [0.05, 0.1) is 6.10 Å². The lowest BCUT2D eigenvalue weighted by Crippen LogP contribution is -2.29. The van der Waals surface area contributed by atoms with E-state index in [1.54, 1.807) is 16.6 Å². The highest BCUT2D eigenvalue weighted by molar-refractivity contribution is 5.91. The first-order valence-corrected chi connectivity index (χ1v) is 8.92. The molecule has 0 aromatic carbocycles. The third-order valence-corrected chi connectivity index (χ3v) is 4.68. The number of aliphatic hydroxyl groups excluding tert-OH is 1. The zero-order valence-electron chi connectivity index (χ0n) is 14.7. The van der Waals surface area contributed by atoms with E-state index in [2.05, 4.69) is 25.7 Å². The van der Waals surface area contributed by atoms with E-state index in [1.807, 2.05) is 18.2 Å². The molecule has 5 N–H and O–H groups in total. The number of aliphatic hydroxyl groups is 1. The topological polar surface area (TPSA) is 130 Å². The number of hydrogen-bond donors (Lipinski definition) is 4. The first-order valence-electron chi connectivity index (χ1n) is 8.92. The van der Waals surface area contributed by atoms with Gasteiger partial charge in [-0.2, -0.15) is 9.50 Å². The van der Waals surface area contributed by atoms with Crippen molar-refractivity contribution in [1.82, 2.24) is 19.6 Å². The highest BCUT2D eigenvalue weighted by Gasteiger charge is 2.20. The van der Waals surface area contributed by atoms with E-state index in [0.29, 0.717) is 23.3 Å². The minimum Gasteiger partial charge on any atom is -0.393 e. The number of nitrogens with zero attached hydrogens (tertiary/aromatic N) is 4. The van der Waals surface area contributed by atoms with Crippen LogP contribution in [0.4, 0.5) is 17.5 Å². The molecule has 1 saturated carbocycles. The molecule has 3 aromatic heterocycles. The Hall–Kier alpha value is -3.20. The van der Waals surface area contributed by atoms with Gasteiger partial charge < -0.3 is 21.5 Å². The molecule has 3 aromatic rings. The Kier molecular flexibility index (Phi) is 4.59. The predicted octanol–water partition coefficient (Wildman–Crippen LogP) is 1.68. The third kappa shape index (κ3) is 3.82. The van der Waals surface area contributed by atoms with Crippen molar-refractivity contribution in [2.45, 2.75) is 37.8 Å². The molecule has 3 heterocycles. The Morgan fingerprint density at radius 1 is 1.22 bits per heavy atom. The van der Waals surface area contributed by atoms with Crippen LogP contribution in [-0.2, 0) is 0 Å². The van der Waals surface area contributed by atoms with Gasteiger partial charge in [0, 0.05) is 17.9 Å². The highest BCUT2D eigenvalue weighted by Crippen LogP contribution is 2.23. The first kappa shape index (κ1) is 17.2. The molecule has 4 rings (SSSR count). The van der Waals surface area contributed by atoms with Crippen molar-refractivity contribution in [3.63, 3.8) is 0 Å². The molecule has 1 fully saturated rings. The molecule has 9 nitrogen and oxygen atoms in total. The normalized spacial score (nSPS) is 19.7. The van der Waals surface area contributed by atoms with Crippen molar-refractivity contribution in [3.8, 4) is 0 Å². The van der Waals surface area contributed by atoms with E-state index in [0.717, 1.165) is 31.5 Å². The molecule has 0 atom stereocenters. The molecule has 140 valence electrons. The van der Waals surface area contributed by atoms with Gasteiger partial charge in [-0.15, -0.1) is 5.10 Å². The Labute approximate surface area is 155 Å². The molecular formula is C18H21N7O2. The number of carbonyl (C=O) groups is 1. The van der Waals surface area contributed by atoms with Gasteiger partial charge in [0.25, 0.3) is 5.91 Å². The van der Waals surface area contributed by atoms with Crippen LogP contribution in [0.2, 0.25) is 0 Å². The lowest BCUT2D eigenvalue weighted by atomic mass is 9.93. The molecule has 1 amide bonds. The molecule has 0 spiro atoms. The third-order valence-electron chi connectivity index (χ3n) is 4.68. The number of hydrogen-bond acceptors (Lipinski definition) is 7. The second kappa shape index (κ2) is 7.20. The minimum absolute atomic E-state index is 0.172. The molecule has 0 unspecified atom stereocenters. The van der Waals surface area contributed by atoms with E-state index >= 15 is 0 Å². The number of rotatable bonds is 5. The maximum absolute atomic E-state index is 11.3. The molecule has 0 bridgehead atoms. The van der Waals surface area contributed by atoms with Gasteiger partial charge >= 0.3 is 0 Å². The summed E-state index contributed by atoms with van der Waals surface area (Å²) in [6.07, 6.45) is 4.77. The van der Waals surface area contributed by atoms with Crippen LogP contribution in [0.3, 0.4) is 0 Å². The predicted molar refractivity (Wildman–Crippen MR) is 101 cm³/mol. The van der Waals surface area contributed by atoms with E-state index in [1.165, 1.54) is 6.20 Å². The molecular weight excluding hydrogens is 346 g/mol. The van der Waals surface area contributed by atoms with E-state index in [-0.39, 0.29) is 11.8 Å². The monoisotopic (exact) mass is 367 g/mol. The second-order valence-electron chi connectivity index (χ2n) is 6.69. The van der Waals surface area contributed by atoms with Gasteiger partial charge in [0.2, 0.25) is 5.95 Å². The highest BCUT2D eigenvalue weighted by atomic mass is 16.3. The van der Waals surface area contributed by atoms with E-state index in [9.17, 15) is 9.90 Å². The number of pyridine rings is 2. The summed E-state index contributed by atoms with van der Waals surface area (Å²) in [7, 11) is 0. The van der Waals surface area contributed by atoms with Gasteiger partial charge in [-0.25, -0.2) is 0 Å². The summed E-state index contributed by atoms with van der Waals surface area (Å²) < 4.78 is 1.74. The Balaban J connectivity index is 1.55. The summed E-state index contributed by atoms with van der Waals surface area (Å²) in [4.78, 5) is 19.7. The zero-order valence-corrected chi connectivity index (χ0v) is 14.7. The van der Waals surface area contributed by atoms with Crippen molar-refractivity contribution in [2.24, 2.45) is 5.73 Å². The van der Waals surface area contributed by atoms with Crippen LogP contribution in [0.25, 0.3) is 5.65 Å². The Morgan fingerprint density at radius 2 is 2.04 bits per heavy atom. The summed E-state index contributed by atoms with van der Waals surface area (Å²) >= 11 is 0. The van der Waals surface area contributed by atoms with Crippen molar-refractivity contribution in [1.29, 1.82) is 0 Å². The standard InChI is InChI=1S/C18H21N7O2/c19-17(27)14-10-12(8-9-20-14)22-18-23-16-3-1-2-15(25(16)24-18)21-11-4-6-13(26)7-5-11/h1-3,8-11,13,21,26H,4-7H2,(H2,19,27)(H,20,22,24). The number of anilines is 3. The zero-order chi connectivity index (χ0) is 18.8. The number of primary amides is 1. The van der Waals surface area contributed by atoms with Gasteiger partial charge in [-0.05, 0) is 49.9 Å².